The fourth-order valence-electron chi connectivity index (χ4n) is 6.36. The molecular weight excluding hydrogens is 550 g/mol. The van der Waals surface area contributed by atoms with Gasteiger partial charge in [0.25, 0.3) is 0 Å². The van der Waals surface area contributed by atoms with Crippen LogP contribution in [0.2, 0.25) is 0 Å². The number of aromatic hydroxyl groups is 1. The zero-order chi connectivity index (χ0) is 28.5. The molecule has 2 aromatic rings. The minimum absolute atomic E-state index is 0.0587. The van der Waals surface area contributed by atoms with Gasteiger partial charge in [0.2, 0.25) is 0 Å². The van der Waals surface area contributed by atoms with Crippen molar-refractivity contribution in [3.05, 3.63) is 58.7 Å². The Bertz CT molecular complexity index is 1180. The summed E-state index contributed by atoms with van der Waals surface area (Å²) in [5.41, 5.74) is 4.35. The van der Waals surface area contributed by atoms with E-state index in [1.165, 1.54) is 24.1 Å². The van der Waals surface area contributed by atoms with E-state index in [4.69, 9.17) is 0 Å². The van der Waals surface area contributed by atoms with Gasteiger partial charge in [-0.3, -0.25) is 4.79 Å². The smallest absolute Gasteiger partial charge is 0.182 e. The summed E-state index contributed by atoms with van der Waals surface area (Å²) in [6.45, 7) is 18.0. The Kier molecular flexibility index (Phi) is 8.85. The van der Waals surface area contributed by atoms with Gasteiger partial charge in [-0.15, -0.1) is 0 Å². The van der Waals surface area contributed by atoms with Crippen molar-refractivity contribution in [3.63, 3.8) is 0 Å². The van der Waals surface area contributed by atoms with Crippen molar-refractivity contribution < 1.29 is 9.90 Å². The molecule has 212 valence electrons. The number of anilines is 1. The molecule has 2 aliphatic rings. The summed E-state index contributed by atoms with van der Waals surface area (Å²) in [6, 6.07) is 12.6. The molecule has 2 saturated heterocycles. The summed E-state index contributed by atoms with van der Waals surface area (Å²) in [6.07, 6.45) is 4.64. The fourth-order valence-corrected chi connectivity index (χ4v) is 6.81. The number of carbonyl (C=O) groups excluding carboxylic acids is 1. The number of hydrogen-bond acceptors (Lipinski definition) is 4. The zero-order valence-electron chi connectivity index (χ0n) is 24.9. The number of benzene rings is 2. The van der Waals surface area contributed by atoms with Crippen molar-refractivity contribution in [1.29, 1.82) is 0 Å². The van der Waals surface area contributed by atoms with Gasteiger partial charge in [0, 0.05) is 47.9 Å². The molecule has 0 bridgehead atoms. The molecule has 0 amide bonds. The van der Waals surface area contributed by atoms with Crippen LogP contribution in [0.25, 0.3) is 0 Å². The van der Waals surface area contributed by atoms with E-state index in [0.717, 1.165) is 49.4 Å². The van der Waals surface area contributed by atoms with E-state index in [9.17, 15) is 9.90 Å². The van der Waals surface area contributed by atoms with Crippen LogP contribution in [0.3, 0.4) is 0 Å². The normalized spacial score (nSPS) is 21.3. The number of phenols is 1. The highest BCUT2D eigenvalue weighted by molar-refractivity contribution is 9.08. The molecule has 1 N–H and O–H groups in total. The highest BCUT2D eigenvalue weighted by Crippen LogP contribution is 2.43. The lowest BCUT2D eigenvalue weighted by atomic mass is 9.78. The molecule has 39 heavy (non-hydrogen) atoms. The number of carbonyl (C=O) groups is 1. The third-order valence-corrected chi connectivity index (χ3v) is 8.74. The second kappa shape index (κ2) is 11.6. The van der Waals surface area contributed by atoms with Gasteiger partial charge >= 0.3 is 0 Å². The Balaban J connectivity index is 1.69. The Morgan fingerprint density at radius 2 is 1.62 bits per heavy atom. The summed E-state index contributed by atoms with van der Waals surface area (Å²) in [5.74, 6) is 1.83. The zero-order valence-corrected chi connectivity index (χ0v) is 26.4. The van der Waals surface area contributed by atoms with Crippen molar-refractivity contribution in [3.8, 4) is 5.75 Å². The molecule has 2 aromatic carbocycles. The highest BCUT2D eigenvalue weighted by atomic mass is 79.9. The van der Waals surface area contributed by atoms with Crippen molar-refractivity contribution in [2.24, 2.45) is 9.94 Å². The molecule has 2 heterocycles. The monoisotopic (exact) mass is 595 g/mol. The molecular formula is C33H46BrN3O2. The number of rotatable bonds is 7. The molecule has 0 aliphatic carbocycles. The highest BCUT2D eigenvalue weighted by Gasteiger charge is 2.41. The van der Waals surface area contributed by atoms with Crippen LogP contribution in [-0.4, -0.2) is 47.8 Å². The van der Waals surface area contributed by atoms with Gasteiger partial charge in [0.1, 0.15) is 11.6 Å². The number of Topliss-reactive ketones (excluding diaryl/α,β-unsaturated/α-hetero) is 1. The summed E-state index contributed by atoms with van der Waals surface area (Å²) < 4.78 is 4.65. The van der Waals surface area contributed by atoms with Crippen LogP contribution in [0.5, 0.6) is 5.75 Å². The van der Waals surface area contributed by atoms with Gasteiger partial charge < -0.3 is 14.9 Å². The molecule has 0 unspecified atom stereocenters. The van der Waals surface area contributed by atoms with E-state index < -0.39 is 0 Å². The third-order valence-electron chi connectivity index (χ3n) is 8.38. The number of ketones is 1. The van der Waals surface area contributed by atoms with Crippen LogP contribution in [0.15, 0.2) is 40.4 Å². The van der Waals surface area contributed by atoms with Crippen LogP contribution in [0.4, 0.5) is 5.69 Å². The predicted molar refractivity (Wildman–Crippen MR) is 167 cm³/mol. The topological polar surface area (TPSA) is 56.1 Å². The lowest BCUT2D eigenvalue weighted by Crippen LogP contribution is -2.33. The van der Waals surface area contributed by atoms with Crippen LogP contribution >= 0.6 is 16.1 Å². The summed E-state index contributed by atoms with van der Waals surface area (Å²) in [5, 5.41) is 11.2. The SMILES string of the molecule is CCC[C@H]1CN(CC(=O)c2cc(C(C)(C)C)c(O)c(C(C)(C)C)c2)/C(=N\Br)[C@@H]1c1ccccc1N1CCCC1. The maximum Gasteiger partial charge on any atom is 0.182 e. The average molecular weight is 597 g/mol. The lowest BCUT2D eigenvalue weighted by Gasteiger charge is -2.28. The Morgan fingerprint density at radius 1 is 1.03 bits per heavy atom. The van der Waals surface area contributed by atoms with Gasteiger partial charge in [-0.1, -0.05) is 73.1 Å². The van der Waals surface area contributed by atoms with Crippen LogP contribution in [0, 0.1) is 5.92 Å². The van der Waals surface area contributed by atoms with Crippen molar-refractivity contribution >= 4 is 33.5 Å². The van der Waals surface area contributed by atoms with E-state index in [0.29, 0.717) is 17.2 Å². The third kappa shape index (κ3) is 6.21. The minimum Gasteiger partial charge on any atom is -0.507 e. The first kappa shape index (κ1) is 29.6. The van der Waals surface area contributed by atoms with E-state index in [-0.39, 0.29) is 29.1 Å². The first-order valence-corrected chi connectivity index (χ1v) is 15.3. The summed E-state index contributed by atoms with van der Waals surface area (Å²) >= 11 is 3.46. The number of phenolic OH excluding ortho intramolecular Hbond substituents is 1. The van der Waals surface area contributed by atoms with Gasteiger partial charge in [0.05, 0.1) is 22.7 Å². The maximum absolute atomic E-state index is 13.9. The largest absolute Gasteiger partial charge is 0.507 e. The van der Waals surface area contributed by atoms with E-state index in [1.807, 2.05) is 12.1 Å². The molecule has 0 saturated carbocycles. The average Bonchev–Trinajstić information content (AvgIpc) is 3.51. The number of para-hydroxylation sites is 1. The van der Waals surface area contributed by atoms with Gasteiger partial charge in [-0.2, -0.15) is 4.02 Å². The first-order chi connectivity index (χ1) is 18.4. The van der Waals surface area contributed by atoms with E-state index in [1.54, 1.807) is 0 Å². The van der Waals surface area contributed by atoms with Gasteiger partial charge in [0.15, 0.2) is 5.78 Å². The first-order valence-electron chi connectivity index (χ1n) is 14.6. The molecule has 0 spiro atoms. The number of nitrogens with zero attached hydrogens (tertiary/aromatic N) is 3. The molecule has 2 fully saturated rings. The molecule has 0 radical (unpaired) electrons. The van der Waals surface area contributed by atoms with E-state index in [2.05, 4.69) is 103 Å². The number of likely N-dealkylation sites (tertiary alicyclic amines) is 1. The van der Waals surface area contributed by atoms with E-state index >= 15 is 0 Å². The molecule has 2 aliphatic heterocycles. The Labute approximate surface area is 244 Å². The second-order valence-electron chi connectivity index (χ2n) is 13.4. The lowest BCUT2D eigenvalue weighted by molar-refractivity contribution is 0.0963. The quantitative estimate of drug-likeness (QED) is 0.329. The molecule has 5 nitrogen and oxygen atoms in total. The number of amidine groups is 1. The van der Waals surface area contributed by atoms with Crippen molar-refractivity contribution in [2.75, 3.05) is 31.1 Å². The minimum atomic E-state index is -0.285. The Hall–Kier alpha value is -2.34. The van der Waals surface area contributed by atoms with Gasteiger partial charge in [-0.05, 0) is 59.8 Å². The molecule has 6 heteroatoms. The van der Waals surface area contributed by atoms with Crippen molar-refractivity contribution in [1.82, 2.24) is 4.90 Å². The fraction of sp³-hybridized carbons (Fsp3) is 0.576. The number of hydrogen-bond donors (Lipinski definition) is 1. The Morgan fingerprint density at radius 3 is 2.15 bits per heavy atom. The van der Waals surface area contributed by atoms with Crippen LogP contribution < -0.4 is 4.90 Å². The van der Waals surface area contributed by atoms with Gasteiger partial charge in [-0.25, -0.2) is 0 Å². The predicted octanol–water partition coefficient (Wildman–Crippen LogP) is 7.99. The maximum atomic E-state index is 13.9. The standard InChI is InChI=1S/C33H46BrN3O2/c1-8-13-22-20-37(31(35-34)29(22)24-14-9-10-15-27(24)36-16-11-12-17-36)21-28(38)23-18-25(32(2,3)4)30(39)26(19-23)33(5,6)7/h9-10,14-15,18-19,22,29,39H,8,11-13,16-17,20-21H2,1-7H3/b35-31-/t22-,29-/m0/s1. The second-order valence-corrected chi connectivity index (χ2v) is 13.8. The summed E-state index contributed by atoms with van der Waals surface area (Å²) in [7, 11) is 0. The van der Waals surface area contributed by atoms with Crippen molar-refractivity contribution in [2.45, 2.75) is 90.9 Å². The molecule has 4 rings (SSSR count). The molecule has 0 aromatic heterocycles. The number of halogens is 1. The molecule has 2 atom stereocenters. The summed E-state index contributed by atoms with van der Waals surface area (Å²) in [4.78, 5) is 18.6. The van der Waals surface area contributed by atoms with Crippen LogP contribution in [0.1, 0.15) is 107 Å². The van der Waals surface area contributed by atoms with Crippen LogP contribution in [-0.2, 0) is 10.8 Å².